The van der Waals surface area contributed by atoms with Crippen molar-refractivity contribution in [2.45, 2.75) is 6.92 Å². The quantitative estimate of drug-likeness (QED) is 0.329. The van der Waals surface area contributed by atoms with Crippen LogP contribution in [0.15, 0.2) is 78.4 Å². The molecule has 0 aliphatic heterocycles. The number of carbonyl (C=O) groups is 2. The Morgan fingerprint density at radius 3 is 2.23 bits per heavy atom. The maximum Gasteiger partial charge on any atom is 0.266 e. The van der Waals surface area contributed by atoms with Crippen LogP contribution in [0.2, 0.25) is 0 Å². The fourth-order valence-electron chi connectivity index (χ4n) is 3.06. The molecule has 0 aliphatic rings. The van der Waals surface area contributed by atoms with Gasteiger partial charge in [-0.05, 0) is 67.1 Å². The van der Waals surface area contributed by atoms with Gasteiger partial charge in [0.15, 0.2) is 6.61 Å². The molecule has 2 N–H and O–H groups in total. The third-order valence-electron chi connectivity index (χ3n) is 4.73. The van der Waals surface area contributed by atoms with E-state index >= 15 is 0 Å². The summed E-state index contributed by atoms with van der Waals surface area (Å²) in [6.45, 7) is 2.24. The minimum Gasteiger partial charge on any atom is -0.495 e. The zero-order chi connectivity index (χ0) is 25.0. The van der Waals surface area contributed by atoms with Gasteiger partial charge < -0.3 is 24.8 Å². The largest absolute Gasteiger partial charge is 0.495 e. The number of nitrogens with one attached hydrogen (secondary N) is 2. The molecule has 0 unspecified atom stereocenters. The third-order valence-corrected chi connectivity index (χ3v) is 4.73. The maximum atomic E-state index is 12.5. The smallest absolute Gasteiger partial charge is 0.266 e. The van der Waals surface area contributed by atoms with Crippen molar-refractivity contribution in [1.82, 2.24) is 0 Å². The highest BCUT2D eigenvalue weighted by Crippen LogP contribution is 2.23. The summed E-state index contributed by atoms with van der Waals surface area (Å²) in [5, 5.41) is 14.9. The Morgan fingerprint density at radius 1 is 0.914 bits per heavy atom. The van der Waals surface area contributed by atoms with E-state index in [1.165, 1.54) is 13.2 Å². The number of ether oxygens (including phenoxy) is 3. The number of hydrogen-bond donors (Lipinski definition) is 2. The van der Waals surface area contributed by atoms with E-state index in [0.717, 1.165) is 0 Å². The van der Waals surface area contributed by atoms with Crippen LogP contribution < -0.4 is 24.8 Å². The van der Waals surface area contributed by atoms with Gasteiger partial charge in [-0.3, -0.25) is 9.59 Å². The number of nitriles is 1. The standard InChI is InChI=1S/C27H25N3O5/c1-3-34-22-14-10-21(11-15-22)29-27(32)20(17-28)16-19-8-12-23(13-9-19)35-18-26(31)30-24-6-4-5-7-25(24)33-2/h4-16H,3,18H2,1-2H3,(H,29,32)(H,30,31)/b20-16+. The minimum atomic E-state index is -0.523. The van der Waals surface area contributed by atoms with Gasteiger partial charge >= 0.3 is 0 Å². The second kappa shape index (κ2) is 12.5. The lowest BCUT2D eigenvalue weighted by Crippen LogP contribution is -2.20. The summed E-state index contributed by atoms with van der Waals surface area (Å²) < 4.78 is 16.1. The van der Waals surface area contributed by atoms with Crippen LogP contribution in [0.5, 0.6) is 17.2 Å². The SMILES string of the molecule is CCOc1ccc(NC(=O)/C(C#N)=C/c2ccc(OCC(=O)Nc3ccccc3OC)cc2)cc1. The second-order valence-electron chi connectivity index (χ2n) is 7.19. The third kappa shape index (κ3) is 7.37. The number of hydrogen-bond acceptors (Lipinski definition) is 6. The molecule has 35 heavy (non-hydrogen) atoms. The predicted molar refractivity (Wildman–Crippen MR) is 133 cm³/mol. The van der Waals surface area contributed by atoms with E-state index in [2.05, 4.69) is 10.6 Å². The molecule has 3 aromatic carbocycles. The Bertz CT molecular complexity index is 1230. The first kappa shape index (κ1) is 24.9. The van der Waals surface area contributed by atoms with Crippen molar-refractivity contribution in [3.63, 3.8) is 0 Å². The van der Waals surface area contributed by atoms with Gasteiger partial charge in [0.1, 0.15) is 28.9 Å². The molecule has 178 valence electrons. The summed E-state index contributed by atoms with van der Waals surface area (Å²) in [6.07, 6.45) is 1.47. The molecule has 0 fully saturated rings. The van der Waals surface area contributed by atoms with Crippen LogP contribution in [0.3, 0.4) is 0 Å². The Morgan fingerprint density at radius 2 is 1.57 bits per heavy atom. The van der Waals surface area contributed by atoms with E-state index in [1.54, 1.807) is 66.7 Å². The lowest BCUT2D eigenvalue weighted by atomic mass is 10.1. The van der Waals surface area contributed by atoms with E-state index in [0.29, 0.717) is 40.8 Å². The van der Waals surface area contributed by atoms with E-state index in [-0.39, 0.29) is 18.1 Å². The fraction of sp³-hybridized carbons (Fsp3) is 0.148. The number of rotatable bonds is 10. The summed E-state index contributed by atoms with van der Waals surface area (Å²) in [6, 6.07) is 22.6. The van der Waals surface area contributed by atoms with Crippen LogP contribution in [-0.2, 0) is 9.59 Å². The molecular formula is C27H25N3O5. The molecule has 3 aromatic rings. The average Bonchev–Trinajstić information content (AvgIpc) is 2.88. The first-order chi connectivity index (χ1) is 17.0. The molecule has 0 saturated carbocycles. The predicted octanol–water partition coefficient (Wildman–Crippen LogP) is 4.66. The highest BCUT2D eigenvalue weighted by molar-refractivity contribution is 6.09. The topological polar surface area (TPSA) is 110 Å². The van der Waals surface area contributed by atoms with Crippen molar-refractivity contribution < 1.29 is 23.8 Å². The first-order valence-electron chi connectivity index (χ1n) is 10.8. The average molecular weight is 472 g/mol. The normalized spacial score (nSPS) is 10.6. The number of benzene rings is 3. The zero-order valence-electron chi connectivity index (χ0n) is 19.4. The lowest BCUT2D eigenvalue weighted by Gasteiger charge is -2.10. The van der Waals surface area contributed by atoms with Gasteiger partial charge in [0.05, 0.1) is 19.4 Å². The van der Waals surface area contributed by atoms with Crippen LogP contribution in [0.25, 0.3) is 6.08 Å². The summed E-state index contributed by atoms with van der Waals surface area (Å²) in [5.74, 6) is 0.855. The van der Waals surface area contributed by atoms with Crippen LogP contribution in [0.1, 0.15) is 12.5 Å². The van der Waals surface area contributed by atoms with E-state index in [4.69, 9.17) is 14.2 Å². The summed E-state index contributed by atoms with van der Waals surface area (Å²) in [7, 11) is 1.53. The maximum absolute atomic E-state index is 12.5. The molecule has 0 spiro atoms. The number of amides is 2. The Hall–Kier alpha value is -4.77. The van der Waals surface area contributed by atoms with Crippen molar-refractivity contribution in [3.05, 3.63) is 83.9 Å². The van der Waals surface area contributed by atoms with E-state index in [1.807, 2.05) is 19.1 Å². The number of carbonyl (C=O) groups excluding carboxylic acids is 2. The van der Waals surface area contributed by atoms with Crippen molar-refractivity contribution >= 4 is 29.3 Å². The van der Waals surface area contributed by atoms with Gasteiger partial charge in [-0.25, -0.2) is 0 Å². The van der Waals surface area contributed by atoms with Crippen molar-refractivity contribution in [2.24, 2.45) is 0 Å². The molecule has 0 atom stereocenters. The second-order valence-corrected chi connectivity index (χ2v) is 7.19. The molecule has 0 heterocycles. The fourth-order valence-corrected chi connectivity index (χ4v) is 3.06. The molecule has 8 nitrogen and oxygen atoms in total. The molecule has 2 amide bonds. The number of methoxy groups -OCH3 is 1. The molecule has 0 aliphatic carbocycles. The summed E-state index contributed by atoms with van der Waals surface area (Å²) in [4.78, 5) is 24.7. The van der Waals surface area contributed by atoms with Crippen molar-refractivity contribution in [2.75, 3.05) is 31.0 Å². The zero-order valence-corrected chi connectivity index (χ0v) is 19.4. The van der Waals surface area contributed by atoms with Crippen molar-refractivity contribution in [1.29, 1.82) is 5.26 Å². The Labute approximate surface area is 203 Å². The van der Waals surface area contributed by atoms with Crippen LogP contribution in [-0.4, -0.2) is 32.1 Å². The van der Waals surface area contributed by atoms with Gasteiger partial charge in [0.25, 0.3) is 11.8 Å². The highest BCUT2D eigenvalue weighted by Gasteiger charge is 2.11. The Kier molecular flexibility index (Phi) is 8.85. The number of nitrogens with zero attached hydrogens (tertiary/aromatic N) is 1. The molecular weight excluding hydrogens is 446 g/mol. The molecule has 0 radical (unpaired) electrons. The van der Waals surface area contributed by atoms with E-state index in [9.17, 15) is 14.9 Å². The van der Waals surface area contributed by atoms with Crippen LogP contribution in [0.4, 0.5) is 11.4 Å². The number of anilines is 2. The van der Waals surface area contributed by atoms with Gasteiger partial charge in [0, 0.05) is 5.69 Å². The van der Waals surface area contributed by atoms with Gasteiger partial charge in [-0.2, -0.15) is 5.26 Å². The molecule has 3 rings (SSSR count). The van der Waals surface area contributed by atoms with Crippen LogP contribution in [0, 0.1) is 11.3 Å². The molecule has 0 saturated heterocycles. The van der Waals surface area contributed by atoms with Gasteiger partial charge in [-0.1, -0.05) is 24.3 Å². The van der Waals surface area contributed by atoms with E-state index < -0.39 is 5.91 Å². The van der Waals surface area contributed by atoms with Crippen molar-refractivity contribution in [3.8, 4) is 23.3 Å². The molecule has 0 bridgehead atoms. The summed E-state index contributed by atoms with van der Waals surface area (Å²) >= 11 is 0. The first-order valence-corrected chi connectivity index (χ1v) is 10.8. The molecule has 0 aromatic heterocycles. The highest BCUT2D eigenvalue weighted by atomic mass is 16.5. The van der Waals surface area contributed by atoms with Crippen LogP contribution >= 0.6 is 0 Å². The lowest BCUT2D eigenvalue weighted by molar-refractivity contribution is -0.118. The monoisotopic (exact) mass is 471 g/mol. The van der Waals surface area contributed by atoms with Gasteiger partial charge in [-0.15, -0.1) is 0 Å². The van der Waals surface area contributed by atoms with Gasteiger partial charge in [0.2, 0.25) is 0 Å². The Balaban J connectivity index is 1.56. The summed E-state index contributed by atoms with van der Waals surface area (Å²) in [5.41, 5.74) is 1.68. The molecule has 8 heteroatoms. The number of para-hydroxylation sites is 2. The minimum absolute atomic E-state index is 0.0521.